The van der Waals surface area contributed by atoms with Crippen molar-refractivity contribution < 1.29 is 9.90 Å². The van der Waals surface area contributed by atoms with Gasteiger partial charge in [0.2, 0.25) is 0 Å². The molecule has 0 spiro atoms. The number of aliphatic carboxylic acids is 1. The number of hydrogen-bond acceptors (Lipinski definition) is 2. The fraction of sp³-hybridized carbons (Fsp3) is 0.235. The van der Waals surface area contributed by atoms with E-state index in [1.54, 1.807) is 0 Å². The minimum atomic E-state index is -0.812. The molecule has 0 unspecified atom stereocenters. The third kappa shape index (κ3) is 3.12. The Labute approximate surface area is 139 Å². The Balaban J connectivity index is 1.91. The first-order valence-corrected chi connectivity index (χ1v) is 7.78. The highest BCUT2D eigenvalue weighted by molar-refractivity contribution is 6.31. The second-order valence-electron chi connectivity index (χ2n) is 5.47. The number of carboxylic acid groups (broad SMARTS) is 1. The zero-order chi connectivity index (χ0) is 15.7. The third-order valence-electron chi connectivity index (χ3n) is 4.01. The average molecular weight is 336 g/mol. The summed E-state index contributed by atoms with van der Waals surface area (Å²) in [6.07, 6.45) is 0.478. The number of carboxylic acids is 1. The van der Waals surface area contributed by atoms with E-state index < -0.39 is 12.0 Å². The lowest BCUT2D eigenvalue weighted by molar-refractivity contribution is -0.144. The van der Waals surface area contributed by atoms with Crippen molar-refractivity contribution in [2.24, 2.45) is 0 Å². The van der Waals surface area contributed by atoms with Crippen LogP contribution >= 0.6 is 23.2 Å². The molecule has 0 aromatic heterocycles. The summed E-state index contributed by atoms with van der Waals surface area (Å²) in [5, 5.41) is 10.9. The van der Waals surface area contributed by atoms with Gasteiger partial charge in [0.05, 0.1) is 0 Å². The molecule has 0 fully saturated rings. The molecule has 3 nitrogen and oxygen atoms in total. The number of benzene rings is 2. The lowest BCUT2D eigenvalue weighted by Crippen LogP contribution is -2.45. The number of hydrogen-bond donors (Lipinski definition) is 1. The van der Waals surface area contributed by atoms with Crippen LogP contribution in [0, 0.1) is 0 Å². The minimum Gasteiger partial charge on any atom is -0.480 e. The topological polar surface area (TPSA) is 40.5 Å². The maximum absolute atomic E-state index is 11.6. The largest absolute Gasteiger partial charge is 0.480 e. The van der Waals surface area contributed by atoms with E-state index in [2.05, 4.69) is 0 Å². The number of halogens is 2. The summed E-state index contributed by atoms with van der Waals surface area (Å²) in [5.41, 5.74) is 3.06. The van der Waals surface area contributed by atoms with Crippen molar-refractivity contribution in [1.82, 2.24) is 4.90 Å². The molecule has 0 radical (unpaired) electrons. The molecule has 2 aromatic rings. The van der Waals surface area contributed by atoms with Crippen LogP contribution in [-0.2, 0) is 24.3 Å². The molecule has 1 heterocycles. The summed E-state index contributed by atoms with van der Waals surface area (Å²) < 4.78 is 0. The van der Waals surface area contributed by atoms with E-state index in [4.69, 9.17) is 23.2 Å². The zero-order valence-corrected chi connectivity index (χ0v) is 13.3. The van der Waals surface area contributed by atoms with Gasteiger partial charge in [0.15, 0.2) is 0 Å². The Morgan fingerprint density at radius 1 is 1.18 bits per heavy atom. The summed E-state index contributed by atoms with van der Waals surface area (Å²) in [7, 11) is 0. The summed E-state index contributed by atoms with van der Waals surface area (Å²) in [4.78, 5) is 13.5. The molecule has 1 N–H and O–H groups in total. The first kappa shape index (κ1) is 15.3. The molecule has 2 aromatic carbocycles. The Morgan fingerprint density at radius 2 is 1.95 bits per heavy atom. The third-order valence-corrected chi connectivity index (χ3v) is 4.62. The van der Waals surface area contributed by atoms with E-state index in [0.717, 1.165) is 16.7 Å². The van der Waals surface area contributed by atoms with Crippen molar-refractivity contribution >= 4 is 29.2 Å². The molecule has 1 atom stereocenters. The standard InChI is InChI=1S/C17H15Cl2NO2/c18-14-6-5-11-8-16(17(21)22)20(10-13(11)7-14)9-12-3-1-2-4-15(12)19/h1-7,16H,8-10H2,(H,21,22)/t16-/m0/s1. The van der Waals surface area contributed by atoms with Crippen molar-refractivity contribution in [2.45, 2.75) is 25.6 Å². The molecule has 114 valence electrons. The first-order valence-electron chi connectivity index (χ1n) is 7.02. The molecule has 5 heteroatoms. The second-order valence-corrected chi connectivity index (χ2v) is 6.31. The Kier molecular flexibility index (Phi) is 4.39. The van der Waals surface area contributed by atoms with E-state index in [-0.39, 0.29) is 0 Å². The van der Waals surface area contributed by atoms with Crippen LogP contribution in [-0.4, -0.2) is 22.0 Å². The molecule has 1 aliphatic heterocycles. The van der Waals surface area contributed by atoms with E-state index in [1.807, 2.05) is 47.4 Å². The van der Waals surface area contributed by atoms with Crippen LogP contribution in [0.1, 0.15) is 16.7 Å². The van der Waals surface area contributed by atoms with Crippen molar-refractivity contribution in [1.29, 1.82) is 0 Å². The summed E-state index contributed by atoms with van der Waals surface area (Å²) >= 11 is 12.3. The quantitative estimate of drug-likeness (QED) is 0.921. The van der Waals surface area contributed by atoms with E-state index in [1.165, 1.54) is 0 Å². The van der Waals surface area contributed by atoms with Crippen LogP contribution < -0.4 is 0 Å². The van der Waals surface area contributed by atoms with Crippen LogP contribution in [0.3, 0.4) is 0 Å². The fourth-order valence-electron chi connectivity index (χ4n) is 2.86. The van der Waals surface area contributed by atoms with Crippen molar-refractivity contribution in [3.63, 3.8) is 0 Å². The molecule has 0 amide bonds. The summed E-state index contributed by atoms with van der Waals surface area (Å²) in [6, 6.07) is 12.6. The van der Waals surface area contributed by atoms with Crippen LogP contribution in [0.4, 0.5) is 0 Å². The van der Waals surface area contributed by atoms with Crippen molar-refractivity contribution in [3.05, 3.63) is 69.2 Å². The Bertz CT molecular complexity index is 718. The maximum Gasteiger partial charge on any atom is 0.321 e. The SMILES string of the molecule is O=C(O)[C@@H]1Cc2ccc(Cl)cc2CN1Cc1ccccc1Cl. The highest BCUT2D eigenvalue weighted by Gasteiger charge is 2.31. The monoisotopic (exact) mass is 335 g/mol. The van der Waals surface area contributed by atoms with Crippen LogP contribution in [0.25, 0.3) is 0 Å². The molecule has 0 aliphatic carbocycles. The van der Waals surface area contributed by atoms with Gasteiger partial charge >= 0.3 is 5.97 Å². The molecule has 0 bridgehead atoms. The van der Waals surface area contributed by atoms with Gasteiger partial charge in [-0.05, 0) is 41.3 Å². The van der Waals surface area contributed by atoms with E-state index in [9.17, 15) is 9.90 Å². The number of fused-ring (bicyclic) bond motifs is 1. The number of rotatable bonds is 3. The first-order chi connectivity index (χ1) is 10.5. The van der Waals surface area contributed by atoms with Gasteiger partial charge in [-0.15, -0.1) is 0 Å². The molecular formula is C17H15Cl2NO2. The normalized spacial score (nSPS) is 18.0. The van der Waals surface area contributed by atoms with E-state index >= 15 is 0 Å². The molecular weight excluding hydrogens is 321 g/mol. The van der Waals surface area contributed by atoms with E-state index in [0.29, 0.717) is 29.6 Å². The van der Waals surface area contributed by atoms with Gasteiger partial charge in [0, 0.05) is 23.1 Å². The van der Waals surface area contributed by atoms with Crippen LogP contribution in [0.5, 0.6) is 0 Å². The van der Waals surface area contributed by atoms with Gasteiger partial charge in [0.25, 0.3) is 0 Å². The molecule has 0 saturated heterocycles. The number of nitrogens with zero attached hydrogens (tertiary/aromatic N) is 1. The average Bonchev–Trinajstić information content (AvgIpc) is 2.48. The fourth-order valence-corrected chi connectivity index (χ4v) is 3.25. The predicted octanol–water partition coefficient (Wildman–Crippen LogP) is 4.00. The highest BCUT2D eigenvalue weighted by Crippen LogP contribution is 2.28. The van der Waals surface area contributed by atoms with Crippen molar-refractivity contribution in [2.75, 3.05) is 0 Å². The second kappa shape index (κ2) is 6.29. The van der Waals surface area contributed by atoms with Gasteiger partial charge in [-0.2, -0.15) is 0 Å². The number of carbonyl (C=O) groups is 1. The molecule has 22 heavy (non-hydrogen) atoms. The predicted molar refractivity (Wildman–Crippen MR) is 87.3 cm³/mol. The zero-order valence-electron chi connectivity index (χ0n) is 11.8. The van der Waals surface area contributed by atoms with Gasteiger partial charge in [-0.3, -0.25) is 9.69 Å². The van der Waals surface area contributed by atoms with Gasteiger partial charge in [0.1, 0.15) is 6.04 Å². The summed E-state index contributed by atoms with van der Waals surface area (Å²) in [5.74, 6) is -0.812. The molecule has 3 rings (SSSR count). The van der Waals surface area contributed by atoms with Gasteiger partial charge in [-0.1, -0.05) is 47.5 Å². The lowest BCUT2D eigenvalue weighted by Gasteiger charge is -2.34. The maximum atomic E-state index is 11.6. The Hall–Kier alpha value is -1.55. The van der Waals surface area contributed by atoms with Gasteiger partial charge < -0.3 is 5.11 Å². The molecule has 1 aliphatic rings. The van der Waals surface area contributed by atoms with Crippen LogP contribution in [0.2, 0.25) is 10.0 Å². The smallest absolute Gasteiger partial charge is 0.321 e. The Morgan fingerprint density at radius 3 is 2.68 bits per heavy atom. The van der Waals surface area contributed by atoms with Gasteiger partial charge in [-0.25, -0.2) is 0 Å². The van der Waals surface area contributed by atoms with Crippen molar-refractivity contribution in [3.8, 4) is 0 Å². The van der Waals surface area contributed by atoms with Crippen LogP contribution in [0.15, 0.2) is 42.5 Å². The lowest BCUT2D eigenvalue weighted by atomic mass is 9.93. The minimum absolute atomic E-state index is 0.478. The summed E-state index contributed by atoms with van der Waals surface area (Å²) in [6.45, 7) is 1.06. The highest BCUT2D eigenvalue weighted by atomic mass is 35.5. The molecule has 0 saturated carbocycles.